The molecular formula is C17H20FN. The second-order valence-electron chi connectivity index (χ2n) is 4.88. The molecule has 0 aliphatic heterocycles. The van der Waals surface area contributed by atoms with Crippen molar-refractivity contribution in [3.05, 3.63) is 65.5 Å². The second kappa shape index (κ2) is 6.37. The Kier molecular flexibility index (Phi) is 4.56. The van der Waals surface area contributed by atoms with Crippen LogP contribution >= 0.6 is 0 Å². The fourth-order valence-electron chi connectivity index (χ4n) is 2.00. The molecule has 0 aliphatic carbocycles. The third-order valence-corrected chi connectivity index (χ3v) is 3.53. The number of hydrogen-bond acceptors (Lipinski definition) is 1. The molecule has 1 atom stereocenters. The van der Waals surface area contributed by atoms with Crippen molar-refractivity contribution in [1.29, 1.82) is 0 Å². The molecule has 2 aromatic rings. The molecule has 0 radical (unpaired) electrons. The number of nitrogens with one attached hydrogen (secondary N) is 1. The molecule has 0 amide bonds. The normalized spacial score (nSPS) is 12.2. The summed E-state index contributed by atoms with van der Waals surface area (Å²) in [6, 6.07) is 15.2. The molecule has 0 fully saturated rings. The van der Waals surface area contributed by atoms with Crippen LogP contribution in [0.3, 0.4) is 0 Å². The molecule has 2 aromatic carbocycles. The van der Waals surface area contributed by atoms with Gasteiger partial charge >= 0.3 is 0 Å². The van der Waals surface area contributed by atoms with Crippen LogP contribution in [-0.4, -0.2) is 0 Å². The molecule has 2 rings (SSSR count). The van der Waals surface area contributed by atoms with Gasteiger partial charge in [0.15, 0.2) is 0 Å². The third kappa shape index (κ3) is 3.57. The van der Waals surface area contributed by atoms with E-state index in [0.717, 1.165) is 12.1 Å². The van der Waals surface area contributed by atoms with Crippen LogP contribution < -0.4 is 5.32 Å². The Morgan fingerprint density at radius 1 is 1.05 bits per heavy atom. The summed E-state index contributed by atoms with van der Waals surface area (Å²) < 4.78 is 13.5. The smallest absolute Gasteiger partial charge is 0.128 e. The summed E-state index contributed by atoms with van der Waals surface area (Å²) in [6.07, 6.45) is 1.14. The van der Waals surface area contributed by atoms with Crippen LogP contribution in [0.1, 0.15) is 37.3 Å². The average molecular weight is 257 g/mol. The summed E-state index contributed by atoms with van der Waals surface area (Å²) in [6.45, 7) is 4.92. The first-order valence-corrected chi connectivity index (χ1v) is 6.78. The quantitative estimate of drug-likeness (QED) is 0.799. The number of hydrogen-bond donors (Lipinski definition) is 1. The SMILES string of the molecule is CCC(C)c1ccc(NCc2ccccc2F)cc1. The molecule has 0 aromatic heterocycles. The van der Waals surface area contributed by atoms with Crippen LogP contribution in [0.4, 0.5) is 10.1 Å². The Morgan fingerprint density at radius 2 is 1.74 bits per heavy atom. The fourth-order valence-corrected chi connectivity index (χ4v) is 2.00. The standard InChI is InChI=1S/C17H20FN/c1-3-13(2)14-8-10-16(11-9-14)19-12-15-6-4-5-7-17(15)18/h4-11,13,19H,3,12H2,1-2H3. The lowest BCUT2D eigenvalue weighted by atomic mass is 9.99. The van der Waals surface area contributed by atoms with Crippen molar-refractivity contribution in [3.63, 3.8) is 0 Å². The predicted octanol–water partition coefficient (Wildman–Crippen LogP) is 4.95. The molecule has 0 aliphatic rings. The molecule has 0 saturated heterocycles. The molecular weight excluding hydrogens is 237 g/mol. The molecule has 19 heavy (non-hydrogen) atoms. The lowest BCUT2D eigenvalue weighted by molar-refractivity contribution is 0.613. The molecule has 1 N–H and O–H groups in total. The van der Waals surface area contributed by atoms with Crippen molar-refractivity contribution >= 4 is 5.69 Å². The van der Waals surface area contributed by atoms with E-state index in [-0.39, 0.29) is 5.82 Å². The van der Waals surface area contributed by atoms with E-state index in [2.05, 4.69) is 43.4 Å². The van der Waals surface area contributed by atoms with E-state index < -0.39 is 0 Å². The molecule has 1 nitrogen and oxygen atoms in total. The first kappa shape index (κ1) is 13.6. The van der Waals surface area contributed by atoms with Crippen LogP contribution in [0.25, 0.3) is 0 Å². The Bertz CT molecular complexity index is 519. The van der Waals surface area contributed by atoms with E-state index in [1.807, 2.05) is 6.07 Å². The molecule has 0 spiro atoms. The Labute approximate surface area is 114 Å². The van der Waals surface area contributed by atoms with Crippen LogP contribution in [0.2, 0.25) is 0 Å². The van der Waals surface area contributed by atoms with Gasteiger partial charge in [-0.2, -0.15) is 0 Å². The van der Waals surface area contributed by atoms with E-state index in [4.69, 9.17) is 0 Å². The molecule has 0 bridgehead atoms. The van der Waals surface area contributed by atoms with Gasteiger partial charge < -0.3 is 5.32 Å². The average Bonchev–Trinajstić information content (AvgIpc) is 2.46. The molecule has 2 heteroatoms. The molecule has 100 valence electrons. The maximum absolute atomic E-state index is 13.5. The number of halogens is 1. The molecule has 0 heterocycles. The van der Waals surface area contributed by atoms with E-state index in [0.29, 0.717) is 18.0 Å². The predicted molar refractivity (Wildman–Crippen MR) is 78.9 cm³/mol. The summed E-state index contributed by atoms with van der Waals surface area (Å²) in [4.78, 5) is 0. The van der Waals surface area contributed by atoms with Crippen molar-refractivity contribution in [3.8, 4) is 0 Å². The monoisotopic (exact) mass is 257 g/mol. The number of benzene rings is 2. The van der Waals surface area contributed by atoms with Crippen molar-refractivity contribution in [1.82, 2.24) is 0 Å². The summed E-state index contributed by atoms with van der Waals surface area (Å²) in [5, 5.41) is 3.25. The minimum absolute atomic E-state index is 0.161. The van der Waals surface area contributed by atoms with Gasteiger partial charge in [0.1, 0.15) is 5.82 Å². The van der Waals surface area contributed by atoms with Gasteiger partial charge in [0.05, 0.1) is 0 Å². The first-order valence-electron chi connectivity index (χ1n) is 6.78. The van der Waals surface area contributed by atoms with E-state index in [9.17, 15) is 4.39 Å². The zero-order valence-corrected chi connectivity index (χ0v) is 11.5. The highest BCUT2D eigenvalue weighted by atomic mass is 19.1. The highest BCUT2D eigenvalue weighted by molar-refractivity contribution is 5.45. The topological polar surface area (TPSA) is 12.0 Å². The number of rotatable bonds is 5. The van der Waals surface area contributed by atoms with Gasteiger partial charge in [0.2, 0.25) is 0 Å². The minimum atomic E-state index is -0.161. The molecule has 0 saturated carbocycles. The summed E-state index contributed by atoms with van der Waals surface area (Å²) in [5.41, 5.74) is 3.06. The van der Waals surface area contributed by atoms with Crippen LogP contribution in [0.5, 0.6) is 0 Å². The van der Waals surface area contributed by atoms with Gasteiger partial charge in [-0.05, 0) is 36.1 Å². The Hall–Kier alpha value is -1.83. The summed E-state index contributed by atoms with van der Waals surface area (Å²) >= 11 is 0. The van der Waals surface area contributed by atoms with E-state index >= 15 is 0 Å². The van der Waals surface area contributed by atoms with Crippen molar-refractivity contribution in [2.24, 2.45) is 0 Å². The zero-order valence-electron chi connectivity index (χ0n) is 11.5. The third-order valence-electron chi connectivity index (χ3n) is 3.53. The summed E-state index contributed by atoms with van der Waals surface area (Å²) in [7, 11) is 0. The highest BCUT2D eigenvalue weighted by Crippen LogP contribution is 2.20. The fraction of sp³-hybridized carbons (Fsp3) is 0.294. The van der Waals surface area contributed by atoms with Crippen LogP contribution in [-0.2, 0) is 6.54 Å². The van der Waals surface area contributed by atoms with Crippen molar-refractivity contribution < 1.29 is 4.39 Å². The van der Waals surface area contributed by atoms with Gasteiger partial charge in [0, 0.05) is 17.8 Å². The Balaban J connectivity index is 1.99. The number of anilines is 1. The van der Waals surface area contributed by atoms with E-state index in [1.54, 1.807) is 12.1 Å². The second-order valence-corrected chi connectivity index (χ2v) is 4.88. The van der Waals surface area contributed by atoms with Gasteiger partial charge in [-0.15, -0.1) is 0 Å². The van der Waals surface area contributed by atoms with Gasteiger partial charge in [-0.25, -0.2) is 4.39 Å². The van der Waals surface area contributed by atoms with Gasteiger partial charge in [0.25, 0.3) is 0 Å². The largest absolute Gasteiger partial charge is 0.381 e. The highest BCUT2D eigenvalue weighted by Gasteiger charge is 2.03. The molecule has 1 unspecified atom stereocenters. The van der Waals surface area contributed by atoms with E-state index in [1.165, 1.54) is 11.6 Å². The van der Waals surface area contributed by atoms with Crippen LogP contribution in [0, 0.1) is 5.82 Å². The van der Waals surface area contributed by atoms with Crippen molar-refractivity contribution in [2.75, 3.05) is 5.32 Å². The van der Waals surface area contributed by atoms with Crippen LogP contribution in [0.15, 0.2) is 48.5 Å². The van der Waals surface area contributed by atoms with Gasteiger partial charge in [-0.1, -0.05) is 44.2 Å². The first-order chi connectivity index (χ1) is 9.20. The Morgan fingerprint density at radius 3 is 2.37 bits per heavy atom. The summed E-state index contributed by atoms with van der Waals surface area (Å²) in [5.74, 6) is 0.423. The lowest BCUT2D eigenvalue weighted by Crippen LogP contribution is -2.01. The van der Waals surface area contributed by atoms with Gasteiger partial charge in [-0.3, -0.25) is 0 Å². The maximum Gasteiger partial charge on any atom is 0.128 e. The minimum Gasteiger partial charge on any atom is -0.381 e. The lowest BCUT2D eigenvalue weighted by Gasteiger charge is -2.11. The van der Waals surface area contributed by atoms with Crippen molar-refractivity contribution in [2.45, 2.75) is 32.7 Å². The zero-order chi connectivity index (χ0) is 13.7. The maximum atomic E-state index is 13.5.